The van der Waals surface area contributed by atoms with Crippen molar-refractivity contribution in [2.75, 3.05) is 12.3 Å². The van der Waals surface area contributed by atoms with Crippen molar-refractivity contribution in [2.24, 2.45) is 5.92 Å². The summed E-state index contributed by atoms with van der Waals surface area (Å²) in [5.41, 5.74) is 6.71. The molecule has 0 aliphatic heterocycles. The maximum Gasteiger partial charge on any atom is 0.251 e. The summed E-state index contributed by atoms with van der Waals surface area (Å²) in [6, 6.07) is 5.15. The largest absolute Gasteiger partial charge is 0.491 e. The minimum atomic E-state index is -0.266. The zero-order chi connectivity index (χ0) is 15.3. The Kier molecular flexibility index (Phi) is 5.43. The Morgan fingerprint density at radius 2 is 2.00 bits per heavy atom. The van der Waals surface area contributed by atoms with Gasteiger partial charge in [-0.1, -0.05) is 13.8 Å². The lowest BCUT2D eigenvalue weighted by Gasteiger charge is -2.20. The summed E-state index contributed by atoms with van der Waals surface area (Å²) in [7, 11) is 0. The lowest BCUT2D eigenvalue weighted by Crippen LogP contribution is -2.40. The maximum absolute atomic E-state index is 12.0. The van der Waals surface area contributed by atoms with E-state index < -0.39 is 0 Å². The molecule has 20 heavy (non-hydrogen) atoms. The molecule has 0 aliphatic rings. The van der Waals surface area contributed by atoms with Gasteiger partial charge in [-0.25, -0.2) is 0 Å². The van der Waals surface area contributed by atoms with Crippen LogP contribution in [-0.2, 0) is 0 Å². The van der Waals surface area contributed by atoms with Crippen LogP contribution in [0.4, 0.5) is 5.69 Å². The lowest BCUT2D eigenvalue weighted by molar-refractivity contribution is 0.0919. The topological polar surface area (TPSA) is 64.3 Å². The molecule has 1 rings (SSSR count). The van der Waals surface area contributed by atoms with E-state index in [0.717, 1.165) is 6.42 Å². The summed E-state index contributed by atoms with van der Waals surface area (Å²) < 4.78 is 5.63. The van der Waals surface area contributed by atoms with Crippen molar-refractivity contribution in [3.05, 3.63) is 23.8 Å². The van der Waals surface area contributed by atoms with E-state index in [-0.39, 0.29) is 11.4 Å². The van der Waals surface area contributed by atoms with Gasteiger partial charge >= 0.3 is 0 Å². The number of hydrogen-bond donors (Lipinski definition) is 2. The Hall–Kier alpha value is -1.71. The number of nitrogens with two attached hydrogens (primary N) is 1. The molecule has 1 aromatic rings. The van der Waals surface area contributed by atoms with Crippen molar-refractivity contribution in [1.29, 1.82) is 0 Å². The van der Waals surface area contributed by atoms with Crippen LogP contribution in [0.5, 0.6) is 5.75 Å². The number of benzene rings is 1. The van der Waals surface area contributed by atoms with Gasteiger partial charge in [0.25, 0.3) is 5.91 Å². The molecule has 0 atom stereocenters. The van der Waals surface area contributed by atoms with E-state index in [4.69, 9.17) is 10.5 Å². The molecule has 112 valence electrons. The quantitative estimate of drug-likeness (QED) is 0.813. The van der Waals surface area contributed by atoms with Gasteiger partial charge in [0.05, 0.1) is 12.3 Å². The first-order chi connectivity index (χ1) is 9.19. The van der Waals surface area contributed by atoms with Crippen molar-refractivity contribution in [3.8, 4) is 5.75 Å². The van der Waals surface area contributed by atoms with Crippen LogP contribution in [0.25, 0.3) is 0 Å². The van der Waals surface area contributed by atoms with E-state index in [9.17, 15) is 4.79 Å². The summed E-state index contributed by atoms with van der Waals surface area (Å²) in [5, 5.41) is 2.90. The minimum Gasteiger partial charge on any atom is -0.491 e. The van der Waals surface area contributed by atoms with Crippen LogP contribution >= 0.6 is 0 Å². The Morgan fingerprint density at radius 3 is 2.50 bits per heavy atom. The fourth-order valence-corrected chi connectivity index (χ4v) is 1.64. The average Bonchev–Trinajstić information content (AvgIpc) is 2.28. The Bertz CT molecular complexity index is 462. The van der Waals surface area contributed by atoms with Crippen molar-refractivity contribution in [2.45, 2.75) is 46.6 Å². The van der Waals surface area contributed by atoms with Gasteiger partial charge in [0.1, 0.15) is 5.75 Å². The fraction of sp³-hybridized carbons (Fsp3) is 0.562. The van der Waals surface area contributed by atoms with E-state index in [2.05, 4.69) is 19.2 Å². The predicted octanol–water partition coefficient (Wildman–Crippen LogP) is 3.22. The first-order valence-electron chi connectivity index (χ1n) is 7.04. The maximum atomic E-state index is 12.0. The monoisotopic (exact) mass is 278 g/mol. The van der Waals surface area contributed by atoms with E-state index in [1.54, 1.807) is 18.2 Å². The second-order valence-corrected chi connectivity index (χ2v) is 6.49. The third kappa shape index (κ3) is 5.51. The summed E-state index contributed by atoms with van der Waals surface area (Å²) in [4.78, 5) is 12.0. The van der Waals surface area contributed by atoms with E-state index in [1.807, 2.05) is 20.8 Å². The molecule has 3 N–H and O–H groups in total. The predicted molar refractivity (Wildman–Crippen MR) is 83.0 cm³/mol. The minimum absolute atomic E-state index is 0.127. The first kappa shape index (κ1) is 16.3. The van der Waals surface area contributed by atoms with Gasteiger partial charge in [0.2, 0.25) is 0 Å². The Morgan fingerprint density at radius 1 is 1.35 bits per heavy atom. The molecule has 0 heterocycles. The second-order valence-electron chi connectivity index (χ2n) is 6.49. The standard InChI is InChI=1S/C16H26N2O2/c1-11(2)8-9-20-14-7-6-12(10-13(14)17)15(19)18-16(3,4)5/h6-7,10-11H,8-9,17H2,1-5H3,(H,18,19). The van der Waals surface area contributed by atoms with Crippen LogP contribution in [0, 0.1) is 5.92 Å². The molecular formula is C16H26N2O2. The zero-order valence-electron chi connectivity index (χ0n) is 13.1. The number of ether oxygens (including phenoxy) is 1. The SMILES string of the molecule is CC(C)CCOc1ccc(C(=O)NC(C)(C)C)cc1N. The lowest BCUT2D eigenvalue weighted by atomic mass is 10.1. The molecule has 0 saturated carbocycles. The highest BCUT2D eigenvalue weighted by atomic mass is 16.5. The average molecular weight is 278 g/mol. The molecular weight excluding hydrogens is 252 g/mol. The van der Waals surface area contributed by atoms with E-state index in [0.29, 0.717) is 29.5 Å². The summed E-state index contributed by atoms with van der Waals surface area (Å²) in [6.07, 6.45) is 0.978. The molecule has 0 aliphatic carbocycles. The smallest absolute Gasteiger partial charge is 0.251 e. The molecule has 4 heteroatoms. The highest BCUT2D eigenvalue weighted by Crippen LogP contribution is 2.23. The van der Waals surface area contributed by atoms with Crippen LogP contribution in [0.15, 0.2) is 18.2 Å². The molecule has 0 fully saturated rings. The van der Waals surface area contributed by atoms with Gasteiger partial charge in [-0.2, -0.15) is 0 Å². The number of anilines is 1. The highest BCUT2D eigenvalue weighted by Gasteiger charge is 2.16. The van der Waals surface area contributed by atoms with Gasteiger partial charge in [-0.3, -0.25) is 4.79 Å². The van der Waals surface area contributed by atoms with Crippen LogP contribution in [0.1, 0.15) is 51.4 Å². The first-order valence-corrected chi connectivity index (χ1v) is 7.04. The number of hydrogen-bond acceptors (Lipinski definition) is 3. The van der Waals surface area contributed by atoms with Crippen molar-refractivity contribution in [3.63, 3.8) is 0 Å². The van der Waals surface area contributed by atoms with Crippen molar-refractivity contribution in [1.82, 2.24) is 5.32 Å². The normalized spacial score (nSPS) is 11.5. The molecule has 0 unspecified atom stereocenters. The third-order valence-electron chi connectivity index (χ3n) is 2.71. The van der Waals surface area contributed by atoms with Crippen LogP contribution in [0.3, 0.4) is 0 Å². The Labute approximate surface area is 121 Å². The second kappa shape index (κ2) is 6.64. The number of nitrogen functional groups attached to an aromatic ring is 1. The highest BCUT2D eigenvalue weighted by molar-refractivity contribution is 5.95. The van der Waals surface area contributed by atoms with Crippen LogP contribution in [0.2, 0.25) is 0 Å². The molecule has 0 spiro atoms. The van der Waals surface area contributed by atoms with Gasteiger partial charge in [-0.15, -0.1) is 0 Å². The van der Waals surface area contributed by atoms with Crippen molar-refractivity contribution >= 4 is 11.6 Å². The van der Waals surface area contributed by atoms with E-state index >= 15 is 0 Å². The molecule has 0 bridgehead atoms. The Balaban J connectivity index is 2.70. The van der Waals surface area contributed by atoms with Crippen molar-refractivity contribution < 1.29 is 9.53 Å². The van der Waals surface area contributed by atoms with Crippen LogP contribution in [-0.4, -0.2) is 18.1 Å². The number of amides is 1. The van der Waals surface area contributed by atoms with Crippen LogP contribution < -0.4 is 15.8 Å². The number of rotatable bonds is 5. The van der Waals surface area contributed by atoms with Gasteiger partial charge < -0.3 is 15.8 Å². The zero-order valence-corrected chi connectivity index (χ0v) is 13.1. The third-order valence-corrected chi connectivity index (χ3v) is 2.71. The molecule has 0 saturated heterocycles. The summed E-state index contributed by atoms with van der Waals surface area (Å²) >= 11 is 0. The molecule has 4 nitrogen and oxygen atoms in total. The number of carbonyl (C=O) groups excluding carboxylic acids is 1. The van der Waals surface area contributed by atoms with Gasteiger partial charge in [0, 0.05) is 11.1 Å². The number of carbonyl (C=O) groups is 1. The van der Waals surface area contributed by atoms with E-state index in [1.165, 1.54) is 0 Å². The summed E-state index contributed by atoms with van der Waals surface area (Å²) in [5.74, 6) is 1.10. The summed E-state index contributed by atoms with van der Waals surface area (Å²) in [6.45, 7) is 10.8. The molecule has 1 aromatic carbocycles. The van der Waals surface area contributed by atoms with Gasteiger partial charge in [-0.05, 0) is 51.3 Å². The molecule has 1 amide bonds. The number of nitrogens with one attached hydrogen (secondary N) is 1. The molecule has 0 radical (unpaired) electrons. The van der Waals surface area contributed by atoms with Gasteiger partial charge in [0.15, 0.2) is 0 Å². The fourth-order valence-electron chi connectivity index (χ4n) is 1.64. The molecule has 0 aromatic heterocycles.